The molecule has 4 rings (SSSR count). The smallest absolute Gasteiger partial charge is 0.231 e. The van der Waals surface area contributed by atoms with Gasteiger partial charge in [0.05, 0.1) is 6.67 Å². The van der Waals surface area contributed by atoms with Gasteiger partial charge in [-0.2, -0.15) is 5.10 Å². The maximum absolute atomic E-state index is 5.55. The van der Waals surface area contributed by atoms with Crippen molar-refractivity contribution in [3.63, 3.8) is 0 Å². The van der Waals surface area contributed by atoms with Gasteiger partial charge < -0.3 is 14.0 Å². The molecule has 0 spiro atoms. The summed E-state index contributed by atoms with van der Waals surface area (Å²) < 4.78 is 15.5. The molecule has 1 aromatic carbocycles. The summed E-state index contributed by atoms with van der Waals surface area (Å²) in [6.07, 6.45) is 1.85. The summed E-state index contributed by atoms with van der Waals surface area (Å²) in [5, 5.41) is 4.59. The summed E-state index contributed by atoms with van der Waals surface area (Å²) >= 11 is 5.55. The van der Waals surface area contributed by atoms with Crippen molar-refractivity contribution >= 4 is 12.2 Å². The molecule has 1 fully saturated rings. The summed E-state index contributed by atoms with van der Waals surface area (Å²) in [4.78, 5) is 4.87. The van der Waals surface area contributed by atoms with Crippen LogP contribution in [0.1, 0.15) is 11.4 Å². The third kappa shape index (κ3) is 3.92. The molecule has 3 heterocycles. The van der Waals surface area contributed by atoms with Crippen LogP contribution in [0.4, 0.5) is 0 Å². The molecular weight excluding hydrogens is 362 g/mol. The summed E-state index contributed by atoms with van der Waals surface area (Å²) in [5.74, 6) is 2.62. The molecular formula is C19H25N5O2S. The molecule has 144 valence electrons. The van der Waals surface area contributed by atoms with Crippen molar-refractivity contribution in [2.45, 2.75) is 26.7 Å². The molecule has 2 aromatic rings. The van der Waals surface area contributed by atoms with Crippen molar-refractivity contribution in [1.29, 1.82) is 0 Å². The average molecular weight is 388 g/mol. The first-order chi connectivity index (χ1) is 13.1. The van der Waals surface area contributed by atoms with Gasteiger partial charge in [0.15, 0.2) is 16.3 Å². The van der Waals surface area contributed by atoms with E-state index in [1.54, 1.807) is 0 Å². The number of benzene rings is 1. The van der Waals surface area contributed by atoms with Gasteiger partial charge in [-0.25, -0.2) is 4.68 Å². The van der Waals surface area contributed by atoms with Crippen LogP contribution in [-0.4, -0.2) is 57.1 Å². The van der Waals surface area contributed by atoms with E-state index in [2.05, 4.69) is 33.6 Å². The normalized spacial score (nSPS) is 17.4. The van der Waals surface area contributed by atoms with Crippen molar-refractivity contribution < 1.29 is 9.47 Å². The van der Waals surface area contributed by atoms with Gasteiger partial charge in [0.25, 0.3) is 0 Å². The number of fused-ring (bicyclic) bond motifs is 1. The van der Waals surface area contributed by atoms with Crippen molar-refractivity contribution in [3.05, 3.63) is 47.0 Å². The highest BCUT2D eigenvalue weighted by Gasteiger charge is 2.20. The summed E-state index contributed by atoms with van der Waals surface area (Å²) in [6.45, 7) is 12.5. The first kappa shape index (κ1) is 18.2. The second kappa shape index (κ2) is 7.84. The van der Waals surface area contributed by atoms with Crippen LogP contribution in [0, 0.1) is 11.7 Å². The number of ether oxygens (including phenoxy) is 2. The minimum atomic E-state index is 0.321. The molecule has 2 aliphatic rings. The molecule has 1 saturated heterocycles. The molecule has 0 radical (unpaired) electrons. The number of nitrogens with zero attached hydrogens (tertiary/aromatic N) is 5. The third-order valence-corrected chi connectivity index (χ3v) is 5.49. The highest BCUT2D eigenvalue weighted by Crippen LogP contribution is 2.32. The van der Waals surface area contributed by atoms with E-state index in [1.807, 2.05) is 28.3 Å². The van der Waals surface area contributed by atoms with Gasteiger partial charge >= 0.3 is 0 Å². The zero-order valence-corrected chi connectivity index (χ0v) is 16.5. The molecule has 0 N–H and O–H groups in total. The van der Waals surface area contributed by atoms with Crippen LogP contribution in [0.15, 0.2) is 30.9 Å². The zero-order valence-electron chi connectivity index (χ0n) is 15.6. The van der Waals surface area contributed by atoms with Crippen LogP contribution >= 0.6 is 12.2 Å². The number of aromatic nitrogens is 3. The molecule has 0 amide bonds. The molecule has 2 aliphatic heterocycles. The van der Waals surface area contributed by atoms with Gasteiger partial charge in [0.1, 0.15) is 5.82 Å². The van der Waals surface area contributed by atoms with Crippen LogP contribution in [0.2, 0.25) is 0 Å². The van der Waals surface area contributed by atoms with E-state index < -0.39 is 0 Å². The Hall–Kier alpha value is -2.16. The molecule has 0 aliphatic carbocycles. The van der Waals surface area contributed by atoms with Crippen LogP contribution in [0.3, 0.4) is 0 Å². The molecule has 0 unspecified atom stereocenters. The quantitative estimate of drug-likeness (QED) is 0.560. The Bertz CT molecular complexity index is 883. The van der Waals surface area contributed by atoms with Gasteiger partial charge in [-0.3, -0.25) is 9.80 Å². The average Bonchev–Trinajstić information content (AvgIpc) is 3.23. The number of hydrogen-bond donors (Lipinski definition) is 0. The number of piperazine rings is 1. The first-order valence-corrected chi connectivity index (χ1v) is 9.63. The van der Waals surface area contributed by atoms with E-state index in [0.29, 0.717) is 13.3 Å². The minimum Gasteiger partial charge on any atom is -0.454 e. The van der Waals surface area contributed by atoms with Gasteiger partial charge in [-0.05, 0) is 36.8 Å². The molecule has 0 saturated carbocycles. The standard InChI is InChI=1S/C19H25N5O2S/c1-3-6-23-15(2)20-24(19(23)27)13-22-9-7-21(8-10-22)12-16-4-5-17-18(11-16)26-14-25-17/h3-5,11H,1,6-10,12-14H2,2H3. The Kier molecular flexibility index (Phi) is 5.29. The predicted octanol–water partition coefficient (Wildman–Crippen LogP) is 2.41. The van der Waals surface area contributed by atoms with Crippen molar-refractivity contribution in [2.24, 2.45) is 0 Å². The predicted molar refractivity (Wildman–Crippen MR) is 105 cm³/mol. The second-order valence-corrected chi connectivity index (χ2v) is 7.32. The molecule has 8 heteroatoms. The van der Waals surface area contributed by atoms with Crippen molar-refractivity contribution in [3.8, 4) is 11.5 Å². The monoisotopic (exact) mass is 387 g/mol. The van der Waals surface area contributed by atoms with E-state index in [-0.39, 0.29) is 0 Å². The zero-order chi connectivity index (χ0) is 18.8. The number of allylic oxidation sites excluding steroid dienone is 1. The van der Waals surface area contributed by atoms with E-state index in [0.717, 1.165) is 61.5 Å². The van der Waals surface area contributed by atoms with Crippen LogP contribution < -0.4 is 9.47 Å². The third-order valence-electron chi connectivity index (χ3n) is 5.06. The lowest BCUT2D eigenvalue weighted by Gasteiger charge is -2.34. The fourth-order valence-electron chi connectivity index (χ4n) is 3.56. The van der Waals surface area contributed by atoms with Crippen molar-refractivity contribution in [1.82, 2.24) is 24.1 Å². The maximum atomic E-state index is 5.55. The Balaban J connectivity index is 1.32. The number of aryl methyl sites for hydroxylation is 1. The van der Waals surface area contributed by atoms with E-state index >= 15 is 0 Å². The highest BCUT2D eigenvalue weighted by molar-refractivity contribution is 7.71. The van der Waals surface area contributed by atoms with Gasteiger partial charge in [0.2, 0.25) is 6.79 Å². The van der Waals surface area contributed by atoms with Crippen LogP contribution in [0.25, 0.3) is 0 Å². The van der Waals surface area contributed by atoms with Crippen LogP contribution in [0.5, 0.6) is 11.5 Å². The summed E-state index contributed by atoms with van der Waals surface area (Å²) in [7, 11) is 0. The lowest BCUT2D eigenvalue weighted by Crippen LogP contribution is -2.46. The summed E-state index contributed by atoms with van der Waals surface area (Å²) in [6, 6.07) is 6.20. The first-order valence-electron chi connectivity index (χ1n) is 9.22. The topological polar surface area (TPSA) is 47.7 Å². The molecule has 27 heavy (non-hydrogen) atoms. The Labute approximate surface area is 164 Å². The van der Waals surface area contributed by atoms with E-state index in [1.165, 1.54) is 5.56 Å². The second-order valence-electron chi connectivity index (χ2n) is 6.95. The fraction of sp³-hybridized carbons (Fsp3) is 0.474. The Morgan fingerprint density at radius 1 is 1.15 bits per heavy atom. The van der Waals surface area contributed by atoms with E-state index in [9.17, 15) is 0 Å². The van der Waals surface area contributed by atoms with E-state index in [4.69, 9.17) is 21.7 Å². The van der Waals surface area contributed by atoms with Crippen molar-refractivity contribution in [2.75, 3.05) is 33.0 Å². The van der Waals surface area contributed by atoms with Gasteiger partial charge in [0, 0.05) is 39.3 Å². The lowest BCUT2D eigenvalue weighted by atomic mass is 10.1. The molecule has 0 bridgehead atoms. The molecule has 1 aromatic heterocycles. The van der Waals surface area contributed by atoms with Gasteiger partial charge in [-0.1, -0.05) is 12.1 Å². The fourth-order valence-corrected chi connectivity index (χ4v) is 3.86. The highest BCUT2D eigenvalue weighted by atomic mass is 32.1. The molecule has 0 atom stereocenters. The number of hydrogen-bond acceptors (Lipinski definition) is 6. The van der Waals surface area contributed by atoms with Gasteiger partial charge in [-0.15, -0.1) is 6.58 Å². The number of rotatable bonds is 6. The Morgan fingerprint density at radius 3 is 2.67 bits per heavy atom. The Morgan fingerprint density at radius 2 is 1.89 bits per heavy atom. The lowest BCUT2D eigenvalue weighted by molar-refractivity contribution is 0.0979. The molecule has 7 nitrogen and oxygen atoms in total. The van der Waals surface area contributed by atoms with Crippen LogP contribution in [-0.2, 0) is 19.8 Å². The largest absolute Gasteiger partial charge is 0.454 e. The SMILES string of the molecule is C=CCn1c(C)nn(CN2CCN(Cc3ccc4c(c3)OCO4)CC2)c1=S. The maximum Gasteiger partial charge on any atom is 0.231 e. The summed E-state index contributed by atoms with van der Waals surface area (Å²) in [5.41, 5.74) is 1.26. The minimum absolute atomic E-state index is 0.321.